The number of amides is 1. The number of carbonyl (C=O) groups is 1. The third-order valence-corrected chi connectivity index (χ3v) is 4.04. The van der Waals surface area contributed by atoms with Gasteiger partial charge in [0.2, 0.25) is 0 Å². The van der Waals surface area contributed by atoms with E-state index in [9.17, 15) is 4.79 Å². The van der Waals surface area contributed by atoms with Crippen molar-refractivity contribution in [3.63, 3.8) is 0 Å². The highest BCUT2D eigenvalue weighted by Crippen LogP contribution is 2.28. The monoisotopic (exact) mass is 319 g/mol. The fraction of sp³-hybridized carbons (Fsp3) is 0.158. The first-order valence-corrected chi connectivity index (χ1v) is 7.90. The minimum absolute atomic E-state index is 0.123. The number of anilines is 1. The molecule has 0 bridgehead atoms. The number of ether oxygens (including phenoxy) is 1. The fourth-order valence-electron chi connectivity index (χ4n) is 2.88. The van der Waals surface area contributed by atoms with Gasteiger partial charge in [-0.05, 0) is 35.4 Å². The van der Waals surface area contributed by atoms with E-state index in [0.29, 0.717) is 13.0 Å². The van der Waals surface area contributed by atoms with Crippen LogP contribution in [0.5, 0.6) is 5.75 Å². The maximum atomic E-state index is 12.5. The van der Waals surface area contributed by atoms with E-state index in [2.05, 4.69) is 10.4 Å². The smallest absolute Gasteiger partial charge is 0.265 e. The van der Waals surface area contributed by atoms with Gasteiger partial charge in [0.1, 0.15) is 5.75 Å². The number of fused-ring (bicyclic) bond motifs is 1. The van der Waals surface area contributed by atoms with Gasteiger partial charge >= 0.3 is 0 Å². The molecular formula is C19H17N3O2. The van der Waals surface area contributed by atoms with Crippen LogP contribution >= 0.6 is 0 Å². The van der Waals surface area contributed by atoms with Crippen LogP contribution in [-0.4, -0.2) is 21.8 Å². The van der Waals surface area contributed by atoms with Crippen molar-refractivity contribution in [3.05, 3.63) is 78.1 Å². The van der Waals surface area contributed by atoms with E-state index in [4.69, 9.17) is 4.74 Å². The van der Waals surface area contributed by atoms with Crippen LogP contribution in [-0.2, 0) is 17.8 Å². The van der Waals surface area contributed by atoms with Crippen LogP contribution in [0.15, 0.2) is 67.0 Å². The van der Waals surface area contributed by atoms with Gasteiger partial charge in [0.05, 0.1) is 6.54 Å². The van der Waals surface area contributed by atoms with Gasteiger partial charge in [-0.2, -0.15) is 5.10 Å². The van der Waals surface area contributed by atoms with Crippen molar-refractivity contribution < 1.29 is 9.53 Å². The van der Waals surface area contributed by atoms with Crippen molar-refractivity contribution in [2.24, 2.45) is 0 Å². The van der Waals surface area contributed by atoms with Crippen molar-refractivity contribution in [1.29, 1.82) is 0 Å². The Morgan fingerprint density at radius 1 is 1.21 bits per heavy atom. The summed E-state index contributed by atoms with van der Waals surface area (Å²) >= 11 is 0. The summed E-state index contributed by atoms with van der Waals surface area (Å²) in [6.45, 7) is 0.669. The number of para-hydroxylation sites is 1. The second-order valence-electron chi connectivity index (χ2n) is 5.81. The average molecular weight is 319 g/mol. The first kappa shape index (κ1) is 14.5. The van der Waals surface area contributed by atoms with E-state index >= 15 is 0 Å². The Morgan fingerprint density at radius 3 is 2.96 bits per heavy atom. The summed E-state index contributed by atoms with van der Waals surface area (Å²) in [6.07, 6.45) is 3.79. The molecule has 5 heteroatoms. The molecule has 1 unspecified atom stereocenters. The molecule has 0 aliphatic carbocycles. The Balaban J connectivity index is 1.43. The second kappa shape index (κ2) is 6.20. The van der Waals surface area contributed by atoms with Crippen molar-refractivity contribution in [2.75, 3.05) is 5.32 Å². The minimum atomic E-state index is -0.475. The third kappa shape index (κ3) is 3.01. The van der Waals surface area contributed by atoms with Crippen molar-refractivity contribution >= 4 is 11.6 Å². The van der Waals surface area contributed by atoms with Gasteiger partial charge < -0.3 is 10.1 Å². The van der Waals surface area contributed by atoms with Crippen molar-refractivity contribution in [2.45, 2.75) is 19.1 Å². The highest BCUT2D eigenvalue weighted by molar-refractivity contribution is 5.95. The zero-order chi connectivity index (χ0) is 16.4. The van der Waals surface area contributed by atoms with E-state index in [1.807, 2.05) is 65.5 Å². The highest BCUT2D eigenvalue weighted by atomic mass is 16.5. The molecule has 2 heterocycles. The highest BCUT2D eigenvalue weighted by Gasteiger charge is 2.28. The lowest BCUT2D eigenvalue weighted by molar-refractivity contribution is -0.122. The molecule has 120 valence electrons. The zero-order valence-corrected chi connectivity index (χ0v) is 13.1. The first-order chi connectivity index (χ1) is 11.8. The average Bonchev–Trinajstić information content (AvgIpc) is 3.24. The SMILES string of the molecule is O=C(Nc1cccc(Cn2cccn2)c1)C1Cc2ccccc2O1. The number of aromatic nitrogens is 2. The summed E-state index contributed by atoms with van der Waals surface area (Å²) < 4.78 is 7.58. The predicted molar refractivity (Wildman–Crippen MR) is 91.0 cm³/mol. The molecule has 1 aromatic heterocycles. The van der Waals surface area contributed by atoms with Crippen LogP contribution in [0.4, 0.5) is 5.69 Å². The molecule has 1 atom stereocenters. The third-order valence-electron chi connectivity index (χ3n) is 4.04. The van der Waals surface area contributed by atoms with Gasteiger partial charge in [-0.1, -0.05) is 30.3 Å². The molecule has 4 rings (SSSR count). The lowest BCUT2D eigenvalue weighted by Crippen LogP contribution is -2.31. The van der Waals surface area contributed by atoms with Crippen LogP contribution in [0.1, 0.15) is 11.1 Å². The molecule has 3 aromatic rings. The zero-order valence-electron chi connectivity index (χ0n) is 13.1. The van der Waals surface area contributed by atoms with Gasteiger partial charge in [-0.15, -0.1) is 0 Å². The standard InChI is InChI=1S/C19H17N3O2/c23-19(18-12-15-6-1-2-8-17(15)24-18)21-16-7-3-5-14(11-16)13-22-10-4-9-20-22/h1-11,18H,12-13H2,(H,21,23). The fourth-order valence-corrected chi connectivity index (χ4v) is 2.88. The van der Waals surface area contributed by atoms with Gasteiger partial charge in [0.15, 0.2) is 6.10 Å². The van der Waals surface area contributed by atoms with E-state index in [0.717, 1.165) is 22.6 Å². The molecule has 0 fully saturated rings. The second-order valence-corrected chi connectivity index (χ2v) is 5.81. The number of nitrogens with one attached hydrogen (secondary N) is 1. The Labute approximate surface area is 139 Å². The first-order valence-electron chi connectivity index (χ1n) is 7.90. The molecule has 24 heavy (non-hydrogen) atoms. The Bertz CT molecular complexity index is 834. The van der Waals surface area contributed by atoms with Gasteiger partial charge in [0, 0.05) is 24.5 Å². The van der Waals surface area contributed by atoms with Crippen molar-refractivity contribution in [1.82, 2.24) is 9.78 Å². The van der Waals surface area contributed by atoms with E-state index in [-0.39, 0.29) is 5.91 Å². The summed E-state index contributed by atoms with van der Waals surface area (Å²) in [7, 11) is 0. The van der Waals surface area contributed by atoms with Crippen LogP contribution in [0, 0.1) is 0 Å². The molecule has 0 saturated carbocycles. The van der Waals surface area contributed by atoms with Crippen LogP contribution < -0.4 is 10.1 Å². The van der Waals surface area contributed by atoms with Crippen LogP contribution in [0.3, 0.4) is 0 Å². The van der Waals surface area contributed by atoms with Crippen LogP contribution in [0.25, 0.3) is 0 Å². The molecule has 1 aliphatic heterocycles. The lowest BCUT2D eigenvalue weighted by Gasteiger charge is -2.12. The molecule has 0 saturated heterocycles. The van der Waals surface area contributed by atoms with Gasteiger partial charge in [-0.3, -0.25) is 9.48 Å². The van der Waals surface area contributed by atoms with Gasteiger partial charge in [0.25, 0.3) is 5.91 Å². The van der Waals surface area contributed by atoms with Gasteiger partial charge in [-0.25, -0.2) is 0 Å². The summed E-state index contributed by atoms with van der Waals surface area (Å²) in [5.74, 6) is 0.674. The maximum absolute atomic E-state index is 12.5. The summed E-state index contributed by atoms with van der Waals surface area (Å²) in [6, 6.07) is 17.4. The topological polar surface area (TPSA) is 56.2 Å². The van der Waals surface area contributed by atoms with E-state index in [1.165, 1.54) is 0 Å². The molecule has 1 aliphatic rings. The number of hydrogen-bond donors (Lipinski definition) is 1. The Morgan fingerprint density at radius 2 is 2.12 bits per heavy atom. The summed E-state index contributed by atoms with van der Waals surface area (Å²) in [4.78, 5) is 12.5. The van der Waals surface area contributed by atoms with E-state index in [1.54, 1.807) is 6.20 Å². The molecule has 1 N–H and O–H groups in total. The van der Waals surface area contributed by atoms with Crippen LogP contribution in [0.2, 0.25) is 0 Å². The molecule has 2 aromatic carbocycles. The van der Waals surface area contributed by atoms with Crippen molar-refractivity contribution in [3.8, 4) is 5.75 Å². The Kier molecular flexibility index (Phi) is 3.75. The number of nitrogens with zero attached hydrogens (tertiary/aromatic N) is 2. The minimum Gasteiger partial charge on any atom is -0.480 e. The number of rotatable bonds is 4. The number of benzene rings is 2. The molecule has 1 amide bonds. The van der Waals surface area contributed by atoms with E-state index < -0.39 is 6.10 Å². The molecule has 5 nitrogen and oxygen atoms in total. The lowest BCUT2D eigenvalue weighted by atomic mass is 10.1. The number of hydrogen-bond acceptors (Lipinski definition) is 3. The summed E-state index contributed by atoms with van der Waals surface area (Å²) in [5, 5.41) is 7.14. The largest absolute Gasteiger partial charge is 0.480 e. The summed E-state index contributed by atoms with van der Waals surface area (Å²) in [5.41, 5.74) is 2.92. The molecule has 0 spiro atoms. The number of carbonyl (C=O) groups excluding carboxylic acids is 1. The Hall–Kier alpha value is -3.08. The maximum Gasteiger partial charge on any atom is 0.265 e. The normalized spacial score (nSPS) is 15.6. The molecule has 0 radical (unpaired) electrons. The molecular weight excluding hydrogens is 302 g/mol. The predicted octanol–water partition coefficient (Wildman–Crippen LogP) is 2.87. The quantitative estimate of drug-likeness (QED) is 0.804.